The van der Waals surface area contributed by atoms with Gasteiger partial charge in [0.05, 0.1) is 0 Å². The van der Waals surface area contributed by atoms with Crippen molar-refractivity contribution in [3.05, 3.63) is 49.6 Å². The van der Waals surface area contributed by atoms with Crippen LogP contribution in [0.2, 0.25) is 0 Å². The van der Waals surface area contributed by atoms with Crippen molar-refractivity contribution in [3.63, 3.8) is 0 Å². The summed E-state index contributed by atoms with van der Waals surface area (Å²) in [4.78, 5) is 21.7. The summed E-state index contributed by atoms with van der Waals surface area (Å²) in [7, 11) is 0. The molecule has 8 heteroatoms. The molecule has 2 N–H and O–H groups in total. The van der Waals surface area contributed by atoms with Crippen molar-refractivity contribution in [2.45, 2.75) is 12.2 Å². The highest BCUT2D eigenvalue weighted by Gasteiger charge is 2.10. The van der Waals surface area contributed by atoms with Crippen LogP contribution in [0.4, 0.5) is 0 Å². The molecule has 142 valence electrons. The molecule has 2 unspecified atom stereocenters. The molecule has 0 saturated carbocycles. The molecule has 1 aromatic carbocycles. The zero-order chi connectivity index (χ0) is 19.4. The number of hydrogen-bond acceptors (Lipinski definition) is 8. The number of carbonyl (C=O) groups excluding carboxylic acids is 2. The Labute approximate surface area is 151 Å². The first kappa shape index (κ1) is 21.2. The summed E-state index contributed by atoms with van der Waals surface area (Å²) >= 11 is 0. The highest BCUT2D eigenvalue weighted by Crippen LogP contribution is 2.18. The monoisotopic (exact) mass is 366 g/mol. The van der Waals surface area contributed by atoms with E-state index in [0.29, 0.717) is 11.5 Å². The van der Waals surface area contributed by atoms with E-state index in [2.05, 4.69) is 22.6 Å². The molecule has 1 rings (SSSR count). The summed E-state index contributed by atoms with van der Waals surface area (Å²) in [6.45, 7) is 5.99. The van der Waals surface area contributed by atoms with Crippen molar-refractivity contribution in [1.82, 2.24) is 0 Å². The molecule has 2 atom stereocenters. The fraction of sp³-hybridized carbons (Fsp3) is 0.333. The van der Waals surface area contributed by atoms with Crippen LogP contribution in [0, 0.1) is 0 Å². The molecule has 0 fully saturated rings. The van der Waals surface area contributed by atoms with E-state index in [1.54, 1.807) is 24.3 Å². The summed E-state index contributed by atoms with van der Waals surface area (Å²) in [5, 5.41) is 19.3. The number of carbonyl (C=O) groups is 2. The predicted octanol–water partition coefficient (Wildman–Crippen LogP) is 0.624. The molecule has 0 bridgehead atoms. The van der Waals surface area contributed by atoms with Gasteiger partial charge in [0.25, 0.3) is 0 Å². The van der Waals surface area contributed by atoms with Gasteiger partial charge in [0.2, 0.25) is 0 Å². The molecule has 0 spiro atoms. The van der Waals surface area contributed by atoms with Gasteiger partial charge in [-0.25, -0.2) is 9.59 Å². The second-order valence-corrected chi connectivity index (χ2v) is 5.07. The van der Waals surface area contributed by atoms with E-state index >= 15 is 0 Å². The average Bonchev–Trinajstić information content (AvgIpc) is 2.67. The molecule has 0 saturated heterocycles. The molecule has 0 radical (unpaired) electrons. The minimum atomic E-state index is -0.969. The zero-order valence-corrected chi connectivity index (χ0v) is 14.2. The quantitative estimate of drug-likeness (QED) is 0.409. The Balaban J connectivity index is 2.30. The van der Waals surface area contributed by atoms with Crippen molar-refractivity contribution in [2.75, 3.05) is 26.4 Å². The SMILES string of the molecule is C=CC(=O)OCC(O)COc1ccc(OCC(O)COC(=O)C=C)cc1. The molecular weight excluding hydrogens is 344 g/mol. The molecule has 8 nitrogen and oxygen atoms in total. The Morgan fingerprint density at radius 3 is 1.46 bits per heavy atom. The molecule has 26 heavy (non-hydrogen) atoms. The summed E-state index contributed by atoms with van der Waals surface area (Å²) in [5.41, 5.74) is 0. The van der Waals surface area contributed by atoms with Crippen molar-refractivity contribution in [1.29, 1.82) is 0 Å². The normalized spacial score (nSPS) is 12.4. The highest BCUT2D eigenvalue weighted by atomic mass is 16.6. The van der Waals surface area contributed by atoms with Crippen LogP contribution >= 0.6 is 0 Å². The van der Waals surface area contributed by atoms with E-state index in [-0.39, 0.29) is 26.4 Å². The van der Waals surface area contributed by atoms with Gasteiger partial charge >= 0.3 is 11.9 Å². The number of ether oxygens (including phenoxy) is 4. The van der Waals surface area contributed by atoms with Crippen LogP contribution in [-0.2, 0) is 19.1 Å². The Morgan fingerprint density at radius 1 is 0.808 bits per heavy atom. The molecule has 1 aromatic rings. The smallest absolute Gasteiger partial charge is 0.330 e. The lowest BCUT2D eigenvalue weighted by Crippen LogP contribution is -2.25. The van der Waals surface area contributed by atoms with Gasteiger partial charge in [0, 0.05) is 12.2 Å². The van der Waals surface area contributed by atoms with Crippen molar-refractivity contribution in [3.8, 4) is 11.5 Å². The number of aliphatic hydroxyl groups excluding tert-OH is 2. The standard InChI is InChI=1S/C18H22O8/c1-3-17(21)25-11-13(19)9-23-15-5-7-16(8-6-15)24-10-14(20)12-26-18(22)4-2/h3-8,13-14,19-20H,1-2,9-12H2. The van der Waals surface area contributed by atoms with Gasteiger partial charge in [-0.2, -0.15) is 0 Å². The van der Waals surface area contributed by atoms with Gasteiger partial charge in [-0.1, -0.05) is 13.2 Å². The van der Waals surface area contributed by atoms with Gasteiger partial charge in [0.1, 0.15) is 50.1 Å². The second-order valence-electron chi connectivity index (χ2n) is 5.07. The van der Waals surface area contributed by atoms with Crippen molar-refractivity contribution < 1.29 is 38.7 Å². The first-order valence-corrected chi connectivity index (χ1v) is 7.74. The maximum Gasteiger partial charge on any atom is 0.330 e. The third-order valence-electron chi connectivity index (χ3n) is 2.88. The maximum atomic E-state index is 10.9. The van der Waals surface area contributed by atoms with Crippen LogP contribution in [0.5, 0.6) is 11.5 Å². The number of aliphatic hydroxyl groups is 2. The zero-order valence-electron chi connectivity index (χ0n) is 14.2. The van der Waals surface area contributed by atoms with E-state index in [0.717, 1.165) is 12.2 Å². The lowest BCUT2D eigenvalue weighted by atomic mass is 10.3. The van der Waals surface area contributed by atoms with Crippen LogP contribution in [0.25, 0.3) is 0 Å². The summed E-state index contributed by atoms with van der Waals surface area (Å²) in [5.74, 6) is -0.280. The molecule has 0 aliphatic rings. The van der Waals surface area contributed by atoms with E-state index in [1.807, 2.05) is 0 Å². The molecule has 0 heterocycles. The van der Waals surface area contributed by atoms with Crippen molar-refractivity contribution in [2.24, 2.45) is 0 Å². The van der Waals surface area contributed by atoms with Crippen LogP contribution < -0.4 is 9.47 Å². The Bertz CT molecular complexity index is 543. The first-order valence-electron chi connectivity index (χ1n) is 7.74. The van der Waals surface area contributed by atoms with Crippen LogP contribution in [0.1, 0.15) is 0 Å². The number of hydrogen-bond donors (Lipinski definition) is 2. The van der Waals surface area contributed by atoms with Gasteiger partial charge in [-0.05, 0) is 24.3 Å². The second kappa shape index (κ2) is 11.7. The molecule has 0 aliphatic carbocycles. The molecular formula is C18H22O8. The highest BCUT2D eigenvalue weighted by molar-refractivity contribution is 5.81. The third kappa shape index (κ3) is 8.86. The summed E-state index contributed by atoms with van der Waals surface area (Å²) in [6, 6.07) is 6.45. The maximum absolute atomic E-state index is 10.9. The minimum Gasteiger partial charge on any atom is -0.491 e. The fourth-order valence-electron chi connectivity index (χ4n) is 1.59. The third-order valence-corrected chi connectivity index (χ3v) is 2.88. The Hall–Kier alpha value is -2.84. The summed E-state index contributed by atoms with van der Waals surface area (Å²) in [6.07, 6.45) is 0.0748. The van der Waals surface area contributed by atoms with E-state index in [4.69, 9.17) is 9.47 Å². The van der Waals surface area contributed by atoms with E-state index in [9.17, 15) is 19.8 Å². The van der Waals surface area contributed by atoms with E-state index < -0.39 is 24.1 Å². The van der Waals surface area contributed by atoms with E-state index in [1.165, 1.54) is 0 Å². The van der Waals surface area contributed by atoms with Crippen LogP contribution in [0.15, 0.2) is 49.6 Å². The van der Waals surface area contributed by atoms with Gasteiger partial charge in [-0.3, -0.25) is 0 Å². The first-order chi connectivity index (χ1) is 12.4. The van der Waals surface area contributed by atoms with Crippen LogP contribution in [-0.4, -0.2) is 60.8 Å². The Kier molecular flexibility index (Phi) is 9.52. The van der Waals surface area contributed by atoms with Gasteiger partial charge < -0.3 is 29.2 Å². The predicted molar refractivity (Wildman–Crippen MR) is 91.8 cm³/mol. The largest absolute Gasteiger partial charge is 0.491 e. The lowest BCUT2D eigenvalue weighted by Gasteiger charge is -2.14. The number of rotatable bonds is 12. The molecule has 0 amide bonds. The summed E-state index contributed by atoms with van der Waals surface area (Å²) < 4.78 is 20.1. The molecule has 0 aliphatic heterocycles. The topological polar surface area (TPSA) is 112 Å². The minimum absolute atomic E-state index is 0.0575. The number of benzene rings is 1. The fourth-order valence-corrected chi connectivity index (χ4v) is 1.59. The average molecular weight is 366 g/mol. The van der Waals surface area contributed by atoms with Crippen molar-refractivity contribution >= 4 is 11.9 Å². The lowest BCUT2D eigenvalue weighted by molar-refractivity contribution is -0.142. The van der Waals surface area contributed by atoms with Crippen LogP contribution in [0.3, 0.4) is 0 Å². The van der Waals surface area contributed by atoms with Gasteiger partial charge in [-0.15, -0.1) is 0 Å². The Morgan fingerprint density at radius 2 is 1.15 bits per heavy atom. The van der Waals surface area contributed by atoms with Gasteiger partial charge in [0.15, 0.2) is 0 Å². The number of esters is 2. The molecule has 0 aromatic heterocycles.